The fourth-order valence-electron chi connectivity index (χ4n) is 3.19. The van der Waals surface area contributed by atoms with E-state index < -0.39 is 5.92 Å². The van der Waals surface area contributed by atoms with Crippen LogP contribution in [0, 0.1) is 5.92 Å². The number of carbonyl (C=O) groups is 2. The Hall–Kier alpha value is -2.96. The Morgan fingerprint density at radius 1 is 1.00 bits per heavy atom. The van der Waals surface area contributed by atoms with Crippen LogP contribution in [0.15, 0.2) is 71.3 Å². The largest absolute Gasteiger partial charge is 0.467 e. The highest BCUT2D eigenvalue weighted by atomic mass is 35.5. The monoisotopic (exact) mass is 429 g/mol. The first-order chi connectivity index (χ1) is 14.0. The van der Waals surface area contributed by atoms with Crippen LogP contribution in [-0.4, -0.2) is 18.4 Å². The van der Waals surface area contributed by atoms with Crippen molar-refractivity contribution in [3.63, 3.8) is 0 Å². The summed E-state index contributed by atoms with van der Waals surface area (Å²) >= 11 is 12.0. The van der Waals surface area contributed by atoms with E-state index in [-0.39, 0.29) is 24.9 Å². The standard InChI is InChI=1S/C21H17Cl2N3O3/c22-14-3-7-16(8-4-14)25-13-19(20(27)24-12-18-2-1-11-29-18)21(28)26(25)17-9-5-15(23)6-10-17/h1-11,19H,12-13H2,(H,24,27). The molecule has 1 atom stereocenters. The fourth-order valence-corrected chi connectivity index (χ4v) is 3.44. The predicted molar refractivity (Wildman–Crippen MR) is 112 cm³/mol. The van der Waals surface area contributed by atoms with Gasteiger partial charge >= 0.3 is 0 Å². The average molecular weight is 430 g/mol. The fraction of sp³-hybridized carbons (Fsp3) is 0.143. The van der Waals surface area contributed by atoms with Crippen molar-refractivity contribution in [2.45, 2.75) is 6.54 Å². The van der Waals surface area contributed by atoms with Crippen LogP contribution in [-0.2, 0) is 16.1 Å². The average Bonchev–Trinajstić information content (AvgIpc) is 3.35. The second-order valence-corrected chi connectivity index (χ2v) is 7.41. The Bertz CT molecular complexity index is 1000. The van der Waals surface area contributed by atoms with Crippen molar-refractivity contribution >= 4 is 46.4 Å². The van der Waals surface area contributed by atoms with Gasteiger partial charge in [-0.05, 0) is 60.7 Å². The molecule has 1 N–H and O–H groups in total. The Morgan fingerprint density at radius 2 is 1.62 bits per heavy atom. The topological polar surface area (TPSA) is 65.8 Å². The molecule has 1 aromatic heterocycles. The number of furan rings is 1. The molecule has 0 radical (unpaired) electrons. The van der Waals surface area contributed by atoms with Crippen LogP contribution in [0.1, 0.15) is 5.76 Å². The number of hydrazine groups is 1. The molecule has 29 heavy (non-hydrogen) atoms. The molecule has 0 saturated carbocycles. The molecule has 3 aromatic rings. The maximum absolute atomic E-state index is 13.2. The molecule has 1 fully saturated rings. The highest BCUT2D eigenvalue weighted by molar-refractivity contribution is 6.31. The van der Waals surface area contributed by atoms with E-state index in [9.17, 15) is 9.59 Å². The lowest BCUT2D eigenvalue weighted by molar-refractivity contribution is -0.131. The summed E-state index contributed by atoms with van der Waals surface area (Å²) in [5.74, 6) is -0.926. The first kappa shape index (κ1) is 19.4. The van der Waals surface area contributed by atoms with Gasteiger partial charge in [-0.2, -0.15) is 0 Å². The van der Waals surface area contributed by atoms with E-state index in [1.165, 1.54) is 11.3 Å². The van der Waals surface area contributed by atoms with Crippen molar-refractivity contribution in [2.24, 2.45) is 5.92 Å². The number of anilines is 2. The number of carbonyl (C=O) groups excluding carboxylic acids is 2. The number of amides is 2. The number of hydrogen-bond donors (Lipinski definition) is 1. The van der Waals surface area contributed by atoms with Gasteiger partial charge in [0.15, 0.2) is 0 Å². The van der Waals surface area contributed by atoms with Gasteiger partial charge in [0.2, 0.25) is 5.91 Å². The molecule has 0 bridgehead atoms. The van der Waals surface area contributed by atoms with E-state index in [0.717, 1.165) is 5.69 Å². The van der Waals surface area contributed by atoms with E-state index in [1.54, 1.807) is 53.5 Å². The van der Waals surface area contributed by atoms with E-state index in [2.05, 4.69) is 5.32 Å². The van der Waals surface area contributed by atoms with Gasteiger partial charge in [-0.15, -0.1) is 0 Å². The maximum atomic E-state index is 13.2. The predicted octanol–water partition coefficient (Wildman–Crippen LogP) is 4.29. The van der Waals surface area contributed by atoms with Gasteiger partial charge in [0.1, 0.15) is 11.7 Å². The van der Waals surface area contributed by atoms with Crippen molar-refractivity contribution in [2.75, 3.05) is 16.6 Å². The van der Waals surface area contributed by atoms with Gasteiger partial charge in [-0.25, -0.2) is 5.01 Å². The van der Waals surface area contributed by atoms with Crippen LogP contribution >= 0.6 is 23.2 Å². The van der Waals surface area contributed by atoms with E-state index in [0.29, 0.717) is 21.5 Å². The molecule has 0 aliphatic carbocycles. The number of benzene rings is 2. The Labute approximate surface area is 177 Å². The van der Waals surface area contributed by atoms with Gasteiger partial charge in [0, 0.05) is 10.0 Å². The van der Waals surface area contributed by atoms with Crippen molar-refractivity contribution < 1.29 is 14.0 Å². The molecule has 1 saturated heterocycles. The molecule has 148 valence electrons. The second kappa shape index (κ2) is 8.19. The first-order valence-corrected chi connectivity index (χ1v) is 9.71. The summed E-state index contributed by atoms with van der Waals surface area (Å²) in [5, 5.41) is 7.18. The van der Waals surface area contributed by atoms with Crippen LogP contribution in [0.5, 0.6) is 0 Å². The van der Waals surface area contributed by atoms with Crippen LogP contribution < -0.4 is 15.3 Å². The Kier molecular flexibility index (Phi) is 5.47. The molecule has 2 aromatic carbocycles. The lowest BCUT2D eigenvalue weighted by Gasteiger charge is -2.29. The third kappa shape index (κ3) is 4.09. The smallest absolute Gasteiger partial charge is 0.260 e. The van der Waals surface area contributed by atoms with Crippen molar-refractivity contribution in [3.05, 3.63) is 82.7 Å². The van der Waals surface area contributed by atoms with Crippen molar-refractivity contribution in [3.8, 4) is 0 Å². The molecule has 1 aliphatic heterocycles. The quantitative estimate of drug-likeness (QED) is 0.614. The summed E-state index contributed by atoms with van der Waals surface area (Å²) in [7, 11) is 0. The van der Waals surface area contributed by atoms with Crippen molar-refractivity contribution in [1.29, 1.82) is 0 Å². The Morgan fingerprint density at radius 3 is 2.21 bits per heavy atom. The molecule has 2 heterocycles. The number of nitrogens with zero attached hydrogens (tertiary/aromatic N) is 2. The molecule has 4 rings (SSSR count). The van der Waals surface area contributed by atoms with Crippen LogP contribution in [0.3, 0.4) is 0 Å². The zero-order valence-electron chi connectivity index (χ0n) is 15.2. The zero-order valence-corrected chi connectivity index (χ0v) is 16.7. The Balaban J connectivity index is 1.61. The van der Waals surface area contributed by atoms with Gasteiger partial charge < -0.3 is 9.73 Å². The molecular formula is C21H17Cl2N3O3. The van der Waals surface area contributed by atoms with Crippen LogP contribution in [0.4, 0.5) is 11.4 Å². The number of nitrogens with one attached hydrogen (secondary N) is 1. The molecule has 8 heteroatoms. The van der Waals surface area contributed by atoms with Gasteiger partial charge in [-0.1, -0.05) is 23.2 Å². The lowest BCUT2D eigenvalue weighted by atomic mass is 10.1. The van der Waals surface area contributed by atoms with Gasteiger partial charge in [-0.3, -0.25) is 14.6 Å². The summed E-state index contributed by atoms with van der Waals surface area (Å²) in [6.45, 7) is 0.421. The highest BCUT2D eigenvalue weighted by Gasteiger charge is 2.43. The molecular weight excluding hydrogens is 413 g/mol. The highest BCUT2D eigenvalue weighted by Crippen LogP contribution is 2.32. The number of hydrogen-bond acceptors (Lipinski definition) is 4. The minimum absolute atomic E-state index is 0.201. The van der Waals surface area contributed by atoms with Crippen LogP contribution in [0.2, 0.25) is 10.0 Å². The SMILES string of the molecule is O=C(NCc1ccco1)C1CN(c2ccc(Cl)cc2)N(c2ccc(Cl)cc2)C1=O. The summed E-state index contributed by atoms with van der Waals surface area (Å²) in [6.07, 6.45) is 1.53. The summed E-state index contributed by atoms with van der Waals surface area (Å²) in [6, 6.07) is 17.5. The second-order valence-electron chi connectivity index (χ2n) is 6.53. The molecule has 6 nitrogen and oxygen atoms in total. The summed E-state index contributed by atoms with van der Waals surface area (Å²) in [4.78, 5) is 25.9. The van der Waals surface area contributed by atoms with Gasteiger partial charge in [0.25, 0.3) is 5.91 Å². The van der Waals surface area contributed by atoms with E-state index in [4.69, 9.17) is 27.6 Å². The molecule has 1 unspecified atom stereocenters. The molecule has 2 amide bonds. The minimum atomic E-state index is -0.865. The number of rotatable bonds is 5. The molecule has 0 spiro atoms. The van der Waals surface area contributed by atoms with E-state index in [1.807, 2.05) is 12.1 Å². The number of halogens is 2. The third-order valence-electron chi connectivity index (χ3n) is 4.63. The van der Waals surface area contributed by atoms with Crippen LogP contribution in [0.25, 0.3) is 0 Å². The first-order valence-electron chi connectivity index (χ1n) is 8.95. The zero-order chi connectivity index (χ0) is 20.4. The minimum Gasteiger partial charge on any atom is -0.467 e. The maximum Gasteiger partial charge on any atom is 0.260 e. The summed E-state index contributed by atoms with van der Waals surface area (Å²) < 4.78 is 5.23. The lowest BCUT2D eigenvalue weighted by Crippen LogP contribution is -2.40. The van der Waals surface area contributed by atoms with Gasteiger partial charge in [0.05, 0.1) is 30.7 Å². The van der Waals surface area contributed by atoms with E-state index >= 15 is 0 Å². The van der Waals surface area contributed by atoms with Crippen molar-refractivity contribution in [1.82, 2.24) is 5.32 Å². The summed E-state index contributed by atoms with van der Waals surface area (Å²) in [5.41, 5.74) is 1.37. The molecule has 1 aliphatic rings. The normalized spacial score (nSPS) is 16.3. The third-order valence-corrected chi connectivity index (χ3v) is 5.14.